The molecule has 2 N–H and O–H groups in total. The minimum atomic E-state index is -0.181. The van der Waals surface area contributed by atoms with Crippen LogP contribution >= 0.6 is 0 Å². The average Bonchev–Trinajstić information content (AvgIpc) is 2.17. The summed E-state index contributed by atoms with van der Waals surface area (Å²) in [5.41, 5.74) is 5.38. The number of nitrogens with two attached hydrogens (primary N) is 1. The summed E-state index contributed by atoms with van der Waals surface area (Å²) >= 11 is 0. The second-order valence-electron chi connectivity index (χ2n) is 2.60. The molecular weight excluding hydrogens is 166 g/mol. The minimum absolute atomic E-state index is 0.181. The Kier molecular flexibility index (Phi) is 8.98. The molecule has 0 amide bonds. The third-order valence-corrected chi connectivity index (χ3v) is 1.44. The minimum Gasteiger partial charge on any atom is -0.349 e. The van der Waals surface area contributed by atoms with Crippen LogP contribution in [0.3, 0.4) is 0 Å². The molecule has 0 fully saturated rings. The van der Waals surface area contributed by atoms with Gasteiger partial charge >= 0.3 is 0 Å². The van der Waals surface area contributed by atoms with Gasteiger partial charge in [0.2, 0.25) is 0 Å². The molecule has 0 aromatic carbocycles. The zero-order valence-electron chi connectivity index (χ0n) is 8.08. The van der Waals surface area contributed by atoms with Crippen LogP contribution in [-0.2, 0) is 9.47 Å². The van der Waals surface area contributed by atoms with E-state index in [9.17, 15) is 0 Å². The van der Waals surface area contributed by atoms with Crippen LogP contribution in [0.4, 0.5) is 0 Å². The number of rotatable bonds is 9. The fraction of sp³-hybridized carbons (Fsp3) is 0.600. The van der Waals surface area contributed by atoms with Crippen molar-refractivity contribution >= 4 is 0 Å². The fourth-order valence-electron chi connectivity index (χ4n) is 0.850. The lowest BCUT2D eigenvalue weighted by atomic mass is 10.3. The summed E-state index contributed by atoms with van der Waals surface area (Å²) in [7, 11) is 0. The van der Waals surface area contributed by atoms with Gasteiger partial charge in [0.05, 0.1) is 13.2 Å². The highest BCUT2D eigenvalue weighted by Crippen LogP contribution is 2.03. The molecule has 0 heterocycles. The molecule has 0 saturated heterocycles. The van der Waals surface area contributed by atoms with Gasteiger partial charge < -0.3 is 15.2 Å². The number of ether oxygens (including phenoxy) is 2. The van der Waals surface area contributed by atoms with E-state index in [0.29, 0.717) is 19.8 Å². The van der Waals surface area contributed by atoms with E-state index in [1.54, 1.807) is 12.2 Å². The topological polar surface area (TPSA) is 44.5 Å². The summed E-state index contributed by atoms with van der Waals surface area (Å²) in [4.78, 5) is 0. The van der Waals surface area contributed by atoms with Crippen LogP contribution in [0.25, 0.3) is 0 Å². The Hall–Kier alpha value is -0.640. The smallest absolute Gasteiger partial charge is 0.158 e. The summed E-state index contributed by atoms with van der Waals surface area (Å²) in [5, 5.41) is 0. The molecular formula is C10H19NO2. The maximum Gasteiger partial charge on any atom is 0.158 e. The Labute approximate surface area is 80.2 Å². The monoisotopic (exact) mass is 185 g/mol. The van der Waals surface area contributed by atoms with Crippen molar-refractivity contribution in [3.05, 3.63) is 25.3 Å². The molecule has 3 heteroatoms. The highest BCUT2D eigenvalue weighted by Gasteiger charge is 2.06. The average molecular weight is 185 g/mol. The lowest BCUT2D eigenvalue weighted by molar-refractivity contribution is -0.130. The highest BCUT2D eigenvalue weighted by molar-refractivity contribution is 4.67. The third-order valence-electron chi connectivity index (χ3n) is 1.44. The lowest BCUT2D eigenvalue weighted by Crippen LogP contribution is -2.19. The molecule has 13 heavy (non-hydrogen) atoms. The van der Waals surface area contributed by atoms with Crippen molar-refractivity contribution in [2.45, 2.75) is 19.1 Å². The number of hydrogen-bond donors (Lipinski definition) is 1. The molecule has 76 valence electrons. The highest BCUT2D eigenvalue weighted by atomic mass is 16.7. The predicted molar refractivity (Wildman–Crippen MR) is 54.4 cm³/mol. The SMILES string of the molecule is C=CCOC(CCCN)OCC=C. The van der Waals surface area contributed by atoms with E-state index in [-0.39, 0.29) is 6.29 Å². The van der Waals surface area contributed by atoms with E-state index < -0.39 is 0 Å². The van der Waals surface area contributed by atoms with Crippen LogP contribution in [0.1, 0.15) is 12.8 Å². The Balaban J connectivity index is 3.58. The second-order valence-corrected chi connectivity index (χ2v) is 2.60. The lowest BCUT2D eigenvalue weighted by Gasteiger charge is -2.16. The first-order valence-corrected chi connectivity index (χ1v) is 4.50. The Morgan fingerprint density at radius 3 is 2.08 bits per heavy atom. The molecule has 0 spiro atoms. The van der Waals surface area contributed by atoms with Crippen LogP contribution in [0.5, 0.6) is 0 Å². The van der Waals surface area contributed by atoms with Crippen LogP contribution in [0.15, 0.2) is 25.3 Å². The fourth-order valence-corrected chi connectivity index (χ4v) is 0.850. The molecule has 0 aliphatic rings. The van der Waals surface area contributed by atoms with Gasteiger partial charge in [-0.3, -0.25) is 0 Å². The summed E-state index contributed by atoms with van der Waals surface area (Å²) in [6.07, 6.45) is 4.94. The Morgan fingerprint density at radius 2 is 1.69 bits per heavy atom. The predicted octanol–water partition coefficient (Wildman–Crippen LogP) is 1.46. The van der Waals surface area contributed by atoms with E-state index >= 15 is 0 Å². The van der Waals surface area contributed by atoms with Crippen molar-refractivity contribution in [3.63, 3.8) is 0 Å². The molecule has 3 nitrogen and oxygen atoms in total. The van der Waals surface area contributed by atoms with Crippen LogP contribution in [0.2, 0.25) is 0 Å². The Morgan fingerprint density at radius 1 is 1.15 bits per heavy atom. The maximum atomic E-state index is 5.38. The van der Waals surface area contributed by atoms with E-state index in [4.69, 9.17) is 15.2 Å². The first-order chi connectivity index (χ1) is 6.35. The van der Waals surface area contributed by atoms with Crippen LogP contribution < -0.4 is 5.73 Å². The summed E-state index contributed by atoms with van der Waals surface area (Å²) < 4.78 is 10.7. The normalized spacial score (nSPS) is 10.3. The molecule has 0 aromatic rings. The summed E-state index contributed by atoms with van der Waals surface area (Å²) in [6, 6.07) is 0. The largest absolute Gasteiger partial charge is 0.349 e. The van der Waals surface area contributed by atoms with Gasteiger partial charge in [-0.1, -0.05) is 12.2 Å². The van der Waals surface area contributed by atoms with Crippen molar-refractivity contribution in [2.75, 3.05) is 19.8 Å². The van der Waals surface area contributed by atoms with Crippen molar-refractivity contribution < 1.29 is 9.47 Å². The molecule has 0 aliphatic carbocycles. The van der Waals surface area contributed by atoms with Gasteiger partial charge in [0, 0.05) is 0 Å². The maximum absolute atomic E-state index is 5.38. The second kappa shape index (κ2) is 9.45. The Bertz CT molecular complexity index is 125. The number of hydrogen-bond acceptors (Lipinski definition) is 3. The molecule has 0 radical (unpaired) electrons. The molecule has 0 rings (SSSR count). The van der Waals surface area contributed by atoms with E-state index in [0.717, 1.165) is 12.8 Å². The molecule has 0 aliphatic heterocycles. The van der Waals surface area contributed by atoms with Gasteiger partial charge in [-0.05, 0) is 19.4 Å². The summed E-state index contributed by atoms with van der Waals surface area (Å²) in [5.74, 6) is 0. The van der Waals surface area contributed by atoms with Gasteiger partial charge in [-0.2, -0.15) is 0 Å². The zero-order chi connectivity index (χ0) is 9.94. The van der Waals surface area contributed by atoms with E-state index in [1.807, 2.05) is 0 Å². The van der Waals surface area contributed by atoms with Crippen LogP contribution in [0, 0.1) is 0 Å². The van der Waals surface area contributed by atoms with Gasteiger partial charge in [0.1, 0.15) is 0 Å². The first-order valence-electron chi connectivity index (χ1n) is 4.50. The van der Waals surface area contributed by atoms with Crippen molar-refractivity contribution in [1.29, 1.82) is 0 Å². The molecule has 0 aromatic heterocycles. The summed E-state index contributed by atoms with van der Waals surface area (Å²) in [6.45, 7) is 8.81. The van der Waals surface area contributed by atoms with Crippen LogP contribution in [-0.4, -0.2) is 26.0 Å². The van der Waals surface area contributed by atoms with Crippen molar-refractivity contribution in [3.8, 4) is 0 Å². The standard InChI is InChI=1S/C10H19NO2/c1-3-8-12-10(6-5-7-11)13-9-4-2/h3-4,10H,1-2,5-9,11H2. The van der Waals surface area contributed by atoms with Gasteiger partial charge in [-0.15, -0.1) is 13.2 Å². The quantitative estimate of drug-likeness (QED) is 0.437. The van der Waals surface area contributed by atoms with Crippen molar-refractivity contribution in [2.24, 2.45) is 5.73 Å². The van der Waals surface area contributed by atoms with E-state index in [1.165, 1.54) is 0 Å². The zero-order valence-corrected chi connectivity index (χ0v) is 8.08. The van der Waals surface area contributed by atoms with Gasteiger partial charge in [-0.25, -0.2) is 0 Å². The van der Waals surface area contributed by atoms with Gasteiger partial charge in [0.25, 0.3) is 0 Å². The van der Waals surface area contributed by atoms with Gasteiger partial charge in [0.15, 0.2) is 6.29 Å². The first kappa shape index (κ1) is 12.4. The molecule has 0 bridgehead atoms. The molecule has 0 atom stereocenters. The molecule has 0 saturated carbocycles. The van der Waals surface area contributed by atoms with Crippen molar-refractivity contribution in [1.82, 2.24) is 0 Å². The van der Waals surface area contributed by atoms with E-state index in [2.05, 4.69) is 13.2 Å². The third kappa shape index (κ3) is 7.71. The molecule has 0 unspecified atom stereocenters.